The Balaban J connectivity index is 0.00000162. The van der Waals surface area contributed by atoms with Gasteiger partial charge in [0.2, 0.25) is 0 Å². The van der Waals surface area contributed by atoms with Crippen LogP contribution in [0.2, 0.25) is 0 Å². The van der Waals surface area contributed by atoms with E-state index in [1.54, 1.807) is 0 Å². The number of nitrogens with one attached hydrogen (secondary N) is 1. The first-order chi connectivity index (χ1) is 8.18. The molecule has 1 saturated heterocycles. The van der Waals surface area contributed by atoms with Crippen molar-refractivity contribution in [2.24, 2.45) is 0 Å². The van der Waals surface area contributed by atoms with E-state index in [9.17, 15) is 4.79 Å². The first kappa shape index (κ1) is 15.7. The lowest BCUT2D eigenvalue weighted by Gasteiger charge is -2.31. The molecule has 1 amide bonds. The van der Waals surface area contributed by atoms with Crippen molar-refractivity contribution in [2.45, 2.75) is 18.9 Å². The molecule has 1 N–H and O–H groups in total. The predicted molar refractivity (Wildman–Crippen MR) is 84.4 cm³/mol. The third-order valence-electron chi connectivity index (χ3n) is 3.21. The fourth-order valence-corrected chi connectivity index (χ4v) is 2.70. The minimum atomic E-state index is 0. The average Bonchev–Trinajstić information content (AvgIpc) is 2.38. The van der Waals surface area contributed by atoms with E-state index in [1.165, 1.54) is 0 Å². The highest BCUT2D eigenvalue weighted by Crippen LogP contribution is 2.14. The number of carbonyl (C=O) groups excluding carboxylic acids is 1. The van der Waals surface area contributed by atoms with Crippen LogP contribution in [-0.4, -0.2) is 37.0 Å². The Kier molecular flexibility index (Phi) is 6.38. The van der Waals surface area contributed by atoms with Crippen molar-refractivity contribution < 1.29 is 4.79 Å². The van der Waals surface area contributed by atoms with E-state index in [0.717, 1.165) is 35.1 Å². The number of halogens is 2. The normalized spacial score (nSPS) is 18.9. The SMILES string of the molecule is CN(C(=O)c1cccc(I)c1)[C@@H]1CCCNC1.Cl. The number of hydrogen-bond donors (Lipinski definition) is 1. The lowest BCUT2D eigenvalue weighted by molar-refractivity contribution is 0.0708. The number of benzene rings is 1. The maximum Gasteiger partial charge on any atom is 0.253 e. The molecule has 1 aliphatic heterocycles. The van der Waals surface area contributed by atoms with Crippen molar-refractivity contribution in [1.29, 1.82) is 0 Å². The van der Waals surface area contributed by atoms with Crippen LogP contribution < -0.4 is 5.32 Å². The minimum absolute atomic E-state index is 0. The maximum atomic E-state index is 12.3. The van der Waals surface area contributed by atoms with Crippen molar-refractivity contribution >= 4 is 40.9 Å². The van der Waals surface area contributed by atoms with Gasteiger partial charge in [-0.3, -0.25) is 4.79 Å². The molecule has 3 nitrogen and oxygen atoms in total. The van der Waals surface area contributed by atoms with E-state index in [1.807, 2.05) is 36.2 Å². The molecule has 1 aliphatic rings. The molecule has 0 aromatic heterocycles. The van der Waals surface area contributed by atoms with Crippen molar-refractivity contribution in [3.63, 3.8) is 0 Å². The van der Waals surface area contributed by atoms with E-state index in [2.05, 4.69) is 27.9 Å². The molecule has 0 unspecified atom stereocenters. The van der Waals surface area contributed by atoms with Gasteiger partial charge in [-0.05, 0) is 60.2 Å². The second-order valence-electron chi connectivity index (χ2n) is 4.43. The number of amides is 1. The van der Waals surface area contributed by atoms with Crippen LogP contribution in [0, 0.1) is 3.57 Å². The van der Waals surface area contributed by atoms with Gasteiger partial charge < -0.3 is 10.2 Å². The third-order valence-corrected chi connectivity index (χ3v) is 3.88. The smallest absolute Gasteiger partial charge is 0.253 e. The van der Waals surface area contributed by atoms with Crippen molar-refractivity contribution in [3.05, 3.63) is 33.4 Å². The Bertz CT molecular complexity index is 408. The molecule has 1 heterocycles. The van der Waals surface area contributed by atoms with Crippen LogP contribution in [0.5, 0.6) is 0 Å². The molecule has 18 heavy (non-hydrogen) atoms. The molecule has 100 valence electrons. The summed E-state index contributed by atoms with van der Waals surface area (Å²) in [6.45, 7) is 1.98. The Labute approximate surface area is 128 Å². The van der Waals surface area contributed by atoms with Crippen LogP contribution in [0.1, 0.15) is 23.2 Å². The molecule has 1 fully saturated rings. The van der Waals surface area contributed by atoms with Gasteiger partial charge in [-0.15, -0.1) is 12.4 Å². The second-order valence-corrected chi connectivity index (χ2v) is 5.67. The van der Waals surface area contributed by atoms with E-state index in [-0.39, 0.29) is 18.3 Å². The quantitative estimate of drug-likeness (QED) is 0.800. The Morgan fingerprint density at radius 3 is 2.89 bits per heavy atom. The fraction of sp³-hybridized carbons (Fsp3) is 0.462. The van der Waals surface area contributed by atoms with Crippen LogP contribution in [0.15, 0.2) is 24.3 Å². The van der Waals surface area contributed by atoms with Gasteiger partial charge in [-0.1, -0.05) is 6.07 Å². The van der Waals surface area contributed by atoms with Gasteiger partial charge in [-0.25, -0.2) is 0 Å². The maximum absolute atomic E-state index is 12.3. The van der Waals surface area contributed by atoms with E-state index in [0.29, 0.717) is 6.04 Å². The van der Waals surface area contributed by atoms with Gasteiger partial charge in [0.1, 0.15) is 0 Å². The predicted octanol–water partition coefficient (Wildman–Crippen LogP) is 2.54. The molecule has 0 spiro atoms. The summed E-state index contributed by atoms with van der Waals surface area (Å²) < 4.78 is 1.10. The lowest BCUT2D eigenvalue weighted by atomic mass is 10.1. The summed E-state index contributed by atoms with van der Waals surface area (Å²) in [7, 11) is 1.90. The number of hydrogen-bond acceptors (Lipinski definition) is 2. The van der Waals surface area contributed by atoms with Crippen LogP contribution in [-0.2, 0) is 0 Å². The van der Waals surface area contributed by atoms with E-state index < -0.39 is 0 Å². The van der Waals surface area contributed by atoms with Gasteiger partial charge in [-0.2, -0.15) is 0 Å². The Morgan fingerprint density at radius 1 is 1.50 bits per heavy atom. The number of piperidine rings is 1. The molecular formula is C13H18ClIN2O. The number of likely N-dealkylation sites (N-methyl/N-ethyl adjacent to an activating group) is 1. The molecule has 1 atom stereocenters. The largest absolute Gasteiger partial charge is 0.337 e. The molecule has 5 heteroatoms. The Hall–Kier alpha value is -0.330. The van der Waals surface area contributed by atoms with Gasteiger partial charge in [0.25, 0.3) is 5.91 Å². The highest BCUT2D eigenvalue weighted by Gasteiger charge is 2.22. The van der Waals surface area contributed by atoms with Crippen LogP contribution in [0.3, 0.4) is 0 Å². The van der Waals surface area contributed by atoms with Crippen LogP contribution in [0.25, 0.3) is 0 Å². The average molecular weight is 381 g/mol. The highest BCUT2D eigenvalue weighted by molar-refractivity contribution is 14.1. The molecule has 1 aromatic carbocycles. The summed E-state index contributed by atoms with van der Waals surface area (Å²) in [4.78, 5) is 14.2. The van der Waals surface area contributed by atoms with Crippen molar-refractivity contribution in [3.8, 4) is 0 Å². The first-order valence-corrected chi connectivity index (χ1v) is 7.00. The zero-order chi connectivity index (χ0) is 12.3. The highest BCUT2D eigenvalue weighted by atomic mass is 127. The summed E-state index contributed by atoms with van der Waals surface area (Å²) in [6.07, 6.45) is 2.24. The first-order valence-electron chi connectivity index (χ1n) is 5.92. The zero-order valence-corrected chi connectivity index (χ0v) is 13.3. The molecule has 0 saturated carbocycles. The van der Waals surface area contributed by atoms with Crippen LogP contribution in [0.4, 0.5) is 0 Å². The Morgan fingerprint density at radius 2 is 2.28 bits per heavy atom. The molecule has 0 aliphatic carbocycles. The van der Waals surface area contributed by atoms with Gasteiger partial charge in [0, 0.05) is 28.8 Å². The molecule has 1 aromatic rings. The number of nitrogens with zero attached hydrogens (tertiary/aromatic N) is 1. The second kappa shape index (κ2) is 7.31. The standard InChI is InChI=1S/C13H17IN2O.ClH/c1-16(12-6-3-7-15-9-12)13(17)10-4-2-5-11(14)8-10;/h2,4-5,8,12,15H,3,6-7,9H2,1H3;1H/t12-;/m1./s1. The van der Waals surface area contributed by atoms with Gasteiger partial charge in [0.05, 0.1) is 0 Å². The number of carbonyl (C=O) groups is 1. The van der Waals surface area contributed by atoms with Gasteiger partial charge in [0.15, 0.2) is 0 Å². The summed E-state index contributed by atoms with van der Waals surface area (Å²) in [5.74, 6) is 0.122. The monoisotopic (exact) mass is 380 g/mol. The summed E-state index contributed by atoms with van der Waals surface area (Å²) in [5.41, 5.74) is 0.782. The van der Waals surface area contributed by atoms with E-state index in [4.69, 9.17) is 0 Å². The molecule has 0 bridgehead atoms. The van der Waals surface area contributed by atoms with Gasteiger partial charge >= 0.3 is 0 Å². The molecular weight excluding hydrogens is 363 g/mol. The fourth-order valence-electron chi connectivity index (χ4n) is 2.15. The lowest BCUT2D eigenvalue weighted by Crippen LogP contribution is -2.46. The topological polar surface area (TPSA) is 32.3 Å². The minimum Gasteiger partial charge on any atom is -0.337 e. The third kappa shape index (κ3) is 3.83. The van der Waals surface area contributed by atoms with Crippen LogP contribution >= 0.6 is 35.0 Å². The molecule has 0 radical (unpaired) electrons. The number of rotatable bonds is 2. The zero-order valence-electron chi connectivity index (χ0n) is 10.4. The van der Waals surface area contributed by atoms with E-state index >= 15 is 0 Å². The van der Waals surface area contributed by atoms with Crippen molar-refractivity contribution in [2.75, 3.05) is 20.1 Å². The summed E-state index contributed by atoms with van der Waals surface area (Å²) in [6, 6.07) is 8.09. The summed E-state index contributed by atoms with van der Waals surface area (Å²) >= 11 is 2.23. The molecule has 2 rings (SSSR count). The summed E-state index contributed by atoms with van der Waals surface area (Å²) in [5, 5.41) is 3.34. The van der Waals surface area contributed by atoms with Crippen molar-refractivity contribution in [1.82, 2.24) is 10.2 Å².